The minimum atomic E-state index is -0.0741. The van der Waals surface area contributed by atoms with Gasteiger partial charge in [0.05, 0.1) is 18.0 Å². The van der Waals surface area contributed by atoms with Gasteiger partial charge in [-0.05, 0) is 17.5 Å². The Bertz CT molecular complexity index is 637. The van der Waals surface area contributed by atoms with Gasteiger partial charge in [0.1, 0.15) is 6.54 Å². The largest absolute Gasteiger partial charge is 0.328 e. The molecule has 1 aromatic carbocycles. The molecule has 22 heavy (non-hydrogen) atoms. The summed E-state index contributed by atoms with van der Waals surface area (Å²) >= 11 is 1.44. The molecule has 4 nitrogen and oxygen atoms in total. The van der Waals surface area contributed by atoms with Gasteiger partial charge in [-0.1, -0.05) is 36.4 Å². The molecule has 3 N–H and O–H groups in total. The molecule has 1 aliphatic heterocycles. The Morgan fingerprint density at radius 3 is 2.73 bits per heavy atom. The lowest BCUT2D eigenvalue weighted by atomic mass is 10.1. The summed E-state index contributed by atoms with van der Waals surface area (Å²) in [6.45, 7) is 3.10. The number of quaternary nitrogens is 1. The van der Waals surface area contributed by atoms with E-state index in [9.17, 15) is 4.79 Å². The van der Waals surface area contributed by atoms with E-state index in [1.807, 2.05) is 23.6 Å². The van der Waals surface area contributed by atoms with Gasteiger partial charge in [-0.15, -0.1) is 11.3 Å². The summed E-state index contributed by atoms with van der Waals surface area (Å²) in [4.78, 5) is 14.1. The van der Waals surface area contributed by atoms with Crippen LogP contribution in [0.1, 0.15) is 21.7 Å². The molecule has 0 bridgehead atoms. The van der Waals surface area contributed by atoms with Gasteiger partial charge in [-0.3, -0.25) is 10.2 Å². The predicted octanol–water partition coefficient (Wildman–Crippen LogP) is 1.36. The second-order valence-electron chi connectivity index (χ2n) is 5.40. The molecule has 2 aromatic rings. The number of benzene rings is 1. The first-order chi connectivity index (χ1) is 10.8. The fourth-order valence-electron chi connectivity index (χ4n) is 2.55. The van der Waals surface area contributed by atoms with Crippen molar-refractivity contribution in [3.63, 3.8) is 0 Å². The minimum absolute atomic E-state index is 0.0741. The fourth-order valence-corrected chi connectivity index (χ4v) is 3.17. The highest BCUT2D eigenvalue weighted by atomic mass is 32.1. The van der Waals surface area contributed by atoms with Crippen LogP contribution < -0.4 is 15.8 Å². The van der Waals surface area contributed by atoms with Crippen molar-refractivity contribution in [1.29, 1.82) is 0 Å². The van der Waals surface area contributed by atoms with E-state index in [0.29, 0.717) is 0 Å². The van der Waals surface area contributed by atoms with E-state index < -0.39 is 0 Å². The van der Waals surface area contributed by atoms with Gasteiger partial charge < -0.3 is 10.3 Å². The number of nitrogens with one attached hydrogen (secondary N) is 3. The summed E-state index contributed by atoms with van der Waals surface area (Å²) in [5, 5.41) is 1.90. The number of rotatable bonds is 5. The van der Waals surface area contributed by atoms with Crippen molar-refractivity contribution in [2.45, 2.75) is 13.0 Å². The predicted molar refractivity (Wildman–Crippen MR) is 88.5 cm³/mol. The molecule has 0 radical (unpaired) electrons. The zero-order valence-corrected chi connectivity index (χ0v) is 13.2. The standard InChI is InChI=1S/C17H19N3OS/c21-17(16-7-4-12-22-16)19-18-15-8-10-20(11-9-15)13-14-5-2-1-3-6-14/h1-8,12,18H,9-11,13H2,(H,19,21)/p+1. The van der Waals surface area contributed by atoms with Crippen LogP contribution in [0.3, 0.4) is 0 Å². The molecule has 2 heterocycles. The quantitative estimate of drug-likeness (QED) is 0.730. The Hall–Kier alpha value is -2.11. The van der Waals surface area contributed by atoms with E-state index in [0.717, 1.165) is 36.6 Å². The molecule has 0 spiro atoms. The van der Waals surface area contributed by atoms with E-state index >= 15 is 0 Å². The van der Waals surface area contributed by atoms with Crippen LogP contribution in [0.4, 0.5) is 0 Å². The highest BCUT2D eigenvalue weighted by Gasteiger charge is 2.15. The molecule has 1 atom stereocenters. The Kier molecular flexibility index (Phi) is 4.88. The van der Waals surface area contributed by atoms with Gasteiger partial charge >= 0.3 is 0 Å². The van der Waals surface area contributed by atoms with Crippen molar-refractivity contribution in [3.05, 3.63) is 70.1 Å². The number of amides is 1. The first-order valence-electron chi connectivity index (χ1n) is 7.47. The normalized spacial score (nSPS) is 17.6. The van der Waals surface area contributed by atoms with Crippen molar-refractivity contribution < 1.29 is 9.69 Å². The van der Waals surface area contributed by atoms with Crippen LogP contribution in [0.25, 0.3) is 0 Å². The first kappa shape index (κ1) is 14.8. The molecule has 1 amide bonds. The molecule has 114 valence electrons. The molecule has 0 fully saturated rings. The number of carbonyl (C=O) groups is 1. The number of carbonyl (C=O) groups excluding carboxylic acids is 1. The summed E-state index contributed by atoms with van der Waals surface area (Å²) < 4.78 is 0. The van der Waals surface area contributed by atoms with Gasteiger partial charge in [0.25, 0.3) is 5.91 Å². The third-order valence-corrected chi connectivity index (χ3v) is 4.63. The highest BCUT2D eigenvalue weighted by molar-refractivity contribution is 7.12. The monoisotopic (exact) mass is 314 g/mol. The Morgan fingerprint density at radius 2 is 2.05 bits per heavy atom. The van der Waals surface area contributed by atoms with Crippen LogP contribution in [0.5, 0.6) is 0 Å². The van der Waals surface area contributed by atoms with Crippen LogP contribution in [-0.4, -0.2) is 19.0 Å². The summed E-state index contributed by atoms with van der Waals surface area (Å²) in [6.07, 6.45) is 3.13. The molecule has 1 aliphatic rings. The molecule has 0 saturated heterocycles. The maximum Gasteiger partial charge on any atom is 0.279 e. The van der Waals surface area contributed by atoms with Gasteiger partial charge in [0, 0.05) is 17.7 Å². The van der Waals surface area contributed by atoms with Crippen molar-refractivity contribution in [3.8, 4) is 0 Å². The lowest BCUT2D eigenvalue weighted by molar-refractivity contribution is -0.909. The van der Waals surface area contributed by atoms with E-state index in [1.165, 1.54) is 16.9 Å². The molecule has 0 aliphatic carbocycles. The number of hydrazine groups is 1. The Morgan fingerprint density at radius 1 is 1.18 bits per heavy atom. The van der Waals surface area contributed by atoms with Gasteiger partial charge in [0.2, 0.25) is 0 Å². The van der Waals surface area contributed by atoms with Crippen LogP contribution in [0.2, 0.25) is 0 Å². The Balaban J connectivity index is 1.46. The molecule has 5 heteroatoms. The van der Waals surface area contributed by atoms with Gasteiger partial charge in [-0.25, -0.2) is 0 Å². The van der Waals surface area contributed by atoms with Crippen LogP contribution in [-0.2, 0) is 6.54 Å². The summed E-state index contributed by atoms with van der Waals surface area (Å²) in [5.41, 5.74) is 8.28. The lowest BCUT2D eigenvalue weighted by Crippen LogP contribution is -3.11. The van der Waals surface area contributed by atoms with Gasteiger partial charge in [0.15, 0.2) is 0 Å². The van der Waals surface area contributed by atoms with Gasteiger partial charge in [-0.2, -0.15) is 0 Å². The molecular weight excluding hydrogens is 294 g/mol. The second kappa shape index (κ2) is 7.24. The average Bonchev–Trinajstić information content (AvgIpc) is 3.09. The van der Waals surface area contributed by atoms with Crippen LogP contribution >= 0.6 is 11.3 Å². The molecule has 3 rings (SSSR count). The van der Waals surface area contributed by atoms with Crippen LogP contribution in [0, 0.1) is 0 Å². The first-order valence-corrected chi connectivity index (χ1v) is 8.35. The maximum absolute atomic E-state index is 11.9. The van der Waals surface area contributed by atoms with Crippen molar-refractivity contribution >= 4 is 17.2 Å². The lowest BCUT2D eigenvalue weighted by Gasteiger charge is -2.24. The Labute approximate surface area is 134 Å². The average molecular weight is 314 g/mol. The summed E-state index contributed by atoms with van der Waals surface area (Å²) in [7, 11) is 0. The number of hydrogen-bond acceptors (Lipinski definition) is 3. The number of hydrogen-bond donors (Lipinski definition) is 3. The zero-order valence-electron chi connectivity index (χ0n) is 12.3. The molecule has 1 unspecified atom stereocenters. The highest BCUT2D eigenvalue weighted by Crippen LogP contribution is 2.07. The fraction of sp³-hybridized carbons (Fsp3) is 0.235. The van der Waals surface area contributed by atoms with Crippen molar-refractivity contribution in [1.82, 2.24) is 10.9 Å². The van der Waals surface area contributed by atoms with Crippen molar-refractivity contribution in [2.24, 2.45) is 0 Å². The minimum Gasteiger partial charge on any atom is -0.328 e. The number of thiophene rings is 1. The molecule has 0 saturated carbocycles. The SMILES string of the molecule is O=C(NNC1=CC[NH+](Cc2ccccc2)CC1)c1cccs1. The third-order valence-electron chi connectivity index (χ3n) is 3.76. The van der Waals surface area contributed by atoms with Crippen LogP contribution in [0.15, 0.2) is 59.6 Å². The third kappa shape index (κ3) is 3.96. The summed E-state index contributed by atoms with van der Waals surface area (Å²) in [5.74, 6) is -0.0741. The zero-order chi connectivity index (χ0) is 15.2. The van der Waals surface area contributed by atoms with Crippen molar-refractivity contribution in [2.75, 3.05) is 13.1 Å². The maximum atomic E-state index is 11.9. The van der Waals surface area contributed by atoms with E-state index in [1.54, 1.807) is 4.90 Å². The smallest absolute Gasteiger partial charge is 0.279 e. The molecule has 1 aromatic heterocycles. The van der Waals surface area contributed by atoms with E-state index in [2.05, 4.69) is 41.2 Å². The summed E-state index contributed by atoms with van der Waals surface area (Å²) in [6, 6.07) is 14.3. The van der Waals surface area contributed by atoms with E-state index in [4.69, 9.17) is 0 Å². The second-order valence-corrected chi connectivity index (χ2v) is 6.35. The topological polar surface area (TPSA) is 45.6 Å². The van der Waals surface area contributed by atoms with E-state index in [-0.39, 0.29) is 5.91 Å². The molecular formula is C17H20N3OS+.